The minimum atomic E-state index is 0.771. The maximum absolute atomic E-state index is 2.48. The van der Waals surface area contributed by atoms with Gasteiger partial charge in [-0.3, -0.25) is 0 Å². The van der Waals surface area contributed by atoms with Gasteiger partial charge in [0.2, 0.25) is 0 Å². The molecule has 0 heteroatoms. The van der Waals surface area contributed by atoms with Crippen LogP contribution >= 0.6 is 0 Å². The second-order valence-electron chi connectivity index (χ2n) is 3.90. The predicted octanol–water partition coefficient (Wildman–Crippen LogP) is 4.19. The minimum absolute atomic E-state index is 0.771. The molecule has 0 saturated heterocycles. The summed E-state index contributed by atoms with van der Waals surface area (Å²) in [4.78, 5) is 0. The number of fused-ring (bicyclic) bond motifs is 1. The van der Waals surface area contributed by atoms with Crippen molar-refractivity contribution in [1.29, 1.82) is 0 Å². The lowest BCUT2D eigenvalue weighted by Crippen LogP contribution is -1.98. The van der Waals surface area contributed by atoms with Crippen LogP contribution < -0.4 is 0 Å². The molecule has 0 heterocycles. The lowest BCUT2D eigenvalue weighted by atomic mass is 9.94. The Morgan fingerprint density at radius 2 is 2.08 bits per heavy atom. The van der Waals surface area contributed by atoms with Crippen LogP contribution in [0.4, 0.5) is 0 Å². The summed E-state index contributed by atoms with van der Waals surface area (Å²) in [6, 6.07) is 0. The molecule has 0 nitrogen and oxygen atoms in total. The topological polar surface area (TPSA) is 0 Å². The van der Waals surface area contributed by atoms with Gasteiger partial charge >= 0.3 is 0 Å². The summed E-state index contributed by atoms with van der Waals surface area (Å²) < 4.78 is 0. The first-order chi connectivity index (χ1) is 6.31. The molecule has 74 valence electrons. The standard InChI is InChI=1S/C11H16.C2H6/c1-3-8(2)9-4-5-10-7-11(10)6-9;1-2/h4-6,8,10-11H,3,7H2,1-2H3;1-2H3/t8-,10?,11?;/m0./s1. The Kier molecular flexibility index (Phi) is 3.77. The Balaban J connectivity index is 0.000000396. The average molecular weight is 178 g/mol. The van der Waals surface area contributed by atoms with Gasteiger partial charge in [0.15, 0.2) is 0 Å². The van der Waals surface area contributed by atoms with E-state index in [1.165, 1.54) is 12.8 Å². The van der Waals surface area contributed by atoms with E-state index in [2.05, 4.69) is 32.1 Å². The number of rotatable bonds is 2. The first-order valence-corrected chi connectivity index (χ1v) is 5.71. The molecule has 2 aliphatic rings. The third-order valence-electron chi connectivity index (χ3n) is 3.01. The molecule has 0 aromatic heterocycles. The quantitative estimate of drug-likeness (QED) is 0.594. The normalized spacial score (nSPS) is 30.9. The maximum atomic E-state index is 2.48. The van der Waals surface area contributed by atoms with Gasteiger partial charge in [-0.2, -0.15) is 0 Å². The van der Waals surface area contributed by atoms with Crippen molar-refractivity contribution in [2.45, 2.75) is 40.5 Å². The van der Waals surface area contributed by atoms with Crippen LogP contribution in [-0.4, -0.2) is 0 Å². The van der Waals surface area contributed by atoms with E-state index in [0.29, 0.717) is 0 Å². The van der Waals surface area contributed by atoms with E-state index in [9.17, 15) is 0 Å². The van der Waals surface area contributed by atoms with Crippen molar-refractivity contribution in [3.05, 3.63) is 23.8 Å². The van der Waals surface area contributed by atoms with E-state index >= 15 is 0 Å². The zero-order chi connectivity index (χ0) is 9.84. The summed E-state index contributed by atoms with van der Waals surface area (Å²) >= 11 is 0. The van der Waals surface area contributed by atoms with Gasteiger partial charge in [0.1, 0.15) is 0 Å². The van der Waals surface area contributed by atoms with Crippen molar-refractivity contribution in [2.24, 2.45) is 17.8 Å². The van der Waals surface area contributed by atoms with Gasteiger partial charge in [-0.25, -0.2) is 0 Å². The molecule has 13 heavy (non-hydrogen) atoms. The number of allylic oxidation sites excluding steroid dienone is 4. The van der Waals surface area contributed by atoms with E-state index in [4.69, 9.17) is 0 Å². The van der Waals surface area contributed by atoms with E-state index in [1.807, 2.05) is 13.8 Å². The fraction of sp³-hybridized carbons (Fsp3) is 0.692. The van der Waals surface area contributed by atoms with Crippen LogP contribution in [0.2, 0.25) is 0 Å². The molecule has 0 amide bonds. The van der Waals surface area contributed by atoms with Crippen molar-refractivity contribution in [3.63, 3.8) is 0 Å². The fourth-order valence-electron chi connectivity index (χ4n) is 1.75. The van der Waals surface area contributed by atoms with Crippen molar-refractivity contribution in [1.82, 2.24) is 0 Å². The lowest BCUT2D eigenvalue weighted by molar-refractivity contribution is 0.660. The van der Waals surface area contributed by atoms with Crippen molar-refractivity contribution in [3.8, 4) is 0 Å². The van der Waals surface area contributed by atoms with Gasteiger partial charge in [-0.15, -0.1) is 0 Å². The molecule has 0 aromatic rings. The van der Waals surface area contributed by atoms with Crippen LogP contribution in [-0.2, 0) is 0 Å². The molecule has 1 saturated carbocycles. The van der Waals surface area contributed by atoms with Crippen LogP contribution in [0.25, 0.3) is 0 Å². The Morgan fingerprint density at radius 3 is 2.62 bits per heavy atom. The highest BCUT2D eigenvalue weighted by atomic mass is 14.4. The smallest absolute Gasteiger partial charge is 0.0158 e. The Bertz CT molecular complexity index is 210. The minimum Gasteiger partial charge on any atom is -0.0805 e. The van der Waals surface area contributed by atoms with Gasteiger partial charge in [0, 0.05) is 0 Å². The van der Waals surface area contributed by atoms with Gasteiger partial charge in [0.25, 0.3) is 0 Å². The van der Waals surface area contributed by atoms with Crippen LogP contribution in [0.1, 0.15) is 40.5 Å². The SMILES string of the molecule is CC.CC[C@H](C)C1=CC2CC2C=C1. The highest BCUT2D eigenvalue weighted by Gasteiger charge is 2.35. The highest BCUT2D eigenvalue weighted by molar-refractivity contribution is 5.31. The molecule has 1 fully saturated rings. The monoisotopic (exact) mass is 178 g/mol. The second-order valence-corrected chi connectivity index (χ2v) is 3.90. The Morgan fingerprint density at radius 1 is 1.38 bits per heavy atom. The number of hydrogen-bond donors (Lipinski definition) is 0. The van der Waals surface area contributed by atoms with Crippen molar-refractivity contribution in [2.75, 3.05) is 0 Å². The van der Waals surface area contributed by atoms with Crippen molar-refractivity contribution >= 4 is 0 Å². The van der Waals surface area contributed by atoms with E-state index < -0.39 is 0 Å². The van der Waals surface area contributed by atoms with Crippen LogP contribution in [0.3, 0.4) is 0 Å². The average Bonchev–Trinajstić information content (AvgIpc) is 2.97. The molecule has 2 aliphatic carbocycles. The molecule has 0 aliphatic heterocycles. The van der Waals surface area contributed by atoms with Crippen molar-refractivity contribution < 1.29 is 0 Å². The van der Waals surface area contributed by atoms with Gasteiger partial charge in [-0.05, 0) is 36.2 Å². The van der Waals surface area contributed by atoms with Crippen LogP contribution in [0, 0.1) is 17.8 Å². The van der Waals surface area contributed by atoms with E-state index in [0.717, 1.165) is 17.8 Å². The molecule has 0 spiro atoms. The lowest BCUT2D eigenvalue weighted by Gasteiger charge is -2.12. The summed E-state index contributed by atoms with van der Waals surface area (Å²) in [6.45, 7) is 8.58. The van der Waals surface area contributed by atoms with Gasteiger partial charge < -0.3 is 0 Å². The zero-order valence-electron chi connectivity index (χ0n) is 9.38. The molecule has 0 radical (unpaired) electrons. The van der Waals surface area contributed by atoms with E-state index in [-0.39, 0.29) is 0 Å². The van der Waals surface area contributed by atoms with E-state index in [1.54, 1.807) is 5.57 Å². The molecule has 0 N–H and O–H groups in total. The second kappa shape index (κ2) is 4.64. The maximum Gasteiger partial charge on any atom is -0.0158 e. The largest absolute Gasteiger partial charge is 0.0805 e. The zero-order valence-corrected chi connectivity index (χ0v) is 9.38. The molecular weight excluding hydrogens is 156 g/mol. The van der Waals surface area contributed by atoms with Gasteiger partial charge in [-0.1, -0.05) is 45.9 Å². The van der Waals surface area contributed by atoms with Gasteiger partial charge in [0.05, 0.1) is 0 Å². The van der Waals surface area contributed by atoms with Crippen LogP contribution in [0.5, 0.6) is 0 Å². The third kappa shape index (κ3) is 2.46. The Labute approximate surface area is 82.7 Å². The molecule has 3 atom stereocenters. The third-order valence-corrected chi connectivity index (χ3v) is 3.01. The fourth-order valence-corrected chi connectivity index (χ4v) is 1.75. The van der Waals surface area contributed by atoms with Crippen LogP contribution in [0.15, 0.2) is 23.8 Å². The first kappa shape index (κ1) is 10.6. The summed E-state index contributed by atoms with van der Waals surface area (Å²) in [5, 5.41) is 0. The first-order valence-electron chi connectivity index (χ1n) is 5.71. The number of hydrogen-bond acceptors (Lipinski definition) is 0. The highest BCUT2D eigenvalue weighted by Crippen LogP contribution is 2.45. The molecule has 0 aromatic carbocycles. The summed E-state index contributed by atoms with van der Waals surface area (Å²) in [5.41, 5.74) is 1.58. The molecule has 2 rings (SSSR count). The Hall–Kier alpha value is -0.520. The summed E-state index contributed by atoms with van der Waals surface area (Å²) in [7, 11) is 0. The molecular formula is C13H22. The molecule has 2 unspecified atom stereocenters. The summed E-state index contributed by atoms with van der Waals surface area (Å²) in [5.74, 6) is 2.61. The summed E-state index contributed by atoms with van der Waals surface area (Å²) in [6.07, 6.45) is 9.90. The predicted molar refractivity (Wildman–Crippen MR) is 59.6 cm³/mol. The molecule has 0 bridgehead atoms.